The van der Waals surface area contributed by atoms with Gasteiger partial charge < -0.3 is 0 Å². The number of hydrogen-bond acceptors (Lipinski definition) is 0. The van der Waals surface area contributed by atoms with Crippen molar-refractivity contribution in [2.45, 2.75) is 128 Å². The van der Waals surface area contributed by atoms with Gasteiger partial charge in [0.25, 0.3) is 0 Å². The maximum absolute atomic E-state index is 8.76. The highest BCUT2D eigenvalue weighted by atomic mass is 15.0. The molecule has 0 spiro atoms. The third-order valence-corrected chi connectivity index (χ3v) is 14.1. The SMILES string of the molecule is [2H]C([2H])([2H])c1c(C)c(C)c(-c2ccccc2C)[n+](C)c1C([2H])([2H])[2H].[2H]C([2H])([2H])c1c(C)cc(-c2ccccc2C)[n+](C)c1C([2H])([2H])[2H].[2H]C([2H])([2H])c1cc(C)cc(-c2ccccc2C)[n+]1C.[2H]C1(c2c[n+](C)c(-c3ccccc3C)cc2C)CCCC1. The molecule has 8 aromatic rings. The molecule has 0 N–H and O–H groups in total. The van der Waals surface area contributed by atoms with E-state index in [0.717, 1.165) is 68.7 Å². The largest absolute Gasteiger partial charge is 0.215 e. The second kappa shape index (κ2) is 23.6. The molecule has 71 heavy (non-hydrogen) atoms. The molecule has 1 fully saturated rings. The van der Waals surface area contributed by atoms with Crippen LogP contribution in [0, 0.1) is 96.6 Å². The Morgan fingerprint density at radius 2 is 0.887 bits per heavy atom. The van der Waals surface area contributed by atoms with Crippen LogP contribution in [0.3, 0.4) is 0 Å². The molecule has 0 radical (unpaired) electrons. The van der Waals surface area contributed by atoms with E-state index in [-0.39, 0.29) is 28.4 Å². The van der Waals surface area contributed by atoms with E-state index in [0.29, 0.717) is 22.5 Å². The molecule has 0 saturated heterocycles. The maximum Gasteiger partial charge on any atom is 0.215 e. The van der Waals surface area contributed by atoms with Crippen LogP contribution in [0.1, 0.15) is 137 Å². The van der Waals surface area contributed by atoms with E-state index >= 15 is 0 Å². The summed E-state index contributed by atoms with van der Waals surface area (Å²) in [6.07, 6.45) is 6.56. The number of hydrogen-bond donors (Lipinski definition) is 0. The fraction of sp³-hybridized carbons (Fsp3) is 0.343. The average Bonchev–Trinajstić information content (AvgIpc) is 1.08. The summed E-state index contributed by atoms with van der Waals surface area (Å²) in [6.45, 7) is 5.26. The van der Waals surface area contributed by atoms with E-state index in [1.54, 1.807) is 44.6 Å². The van der Waals surface area contributed by atoms with Gasteiger partial charge in [-0.3, -0.25) is 0 Å². The van der Waals surface area contributed by atoms with Crippen LogP contribution in [0.5, 0.6) is 0 Å². The molecule has 9 rings (SSSR count). The fourth-order valence-corrected chi connectivity index (χ4v) is 9.50. The summed E-state index contributed by atoms with van der Waals surface area (Å²) in [7, 11) is 7.15. The number of benzene rings is 4. The van der Waals surface area contributed by atoms with Gasteiger partial charge in [0.1, 0.15) is 28.2 Å². The minimum absolute atomic E-state index is 0.0696. The second-order valence-electron chi connectivity index (χ2n) is 19.2. The Morgan fingerprint density at radius 1 is 0.423 bits per heavy atom. The Balaban J connectivity index is 0.000000186. The van der Waals surface area contributed by atoms with Gasteiger partial charge in [0, 0.05) is 111 Å². The van der Waals surface area contributed by atoms with Crippen LogP contribution in [0.15, 0.2) is 128 Å². The van der Waals surface area contributed by atoms with Gasteiger partial charge in [-0.25, -0.2) is 4.57 Å². The summed E-state index contributed by atoms with van der Waals surface area (Å²) in [5.74, 6) is -0.369. The number of aryl methyl sites for hydroxylation is 9. The lowest BCUT2D eigenvalue weighted by molar-refractivity contribution is -0.667. The van der Waals surface area contributed by atoms with E-state index in [1.807, 2.05) is 121 Å². The van der Waals surface area contributed by atoms with Crippen LogP contribution in [0.4, 0.5) is 0 Å². The van der Waals surface area contributed by atoms with Crippen molar-refractivity contribution >= 4 is 0 Å². The van der Waals surface area contributed by atoms with Gasteiger partial charge in [-0.05, 0) is 164 Å². The minimum atomic E-state index is -2.52. The number of pyridine rings is 4. The first-order chi connectivity index (χ1) is 40.1. The van der Waals surface area contributed by atoms with Crippen molar-refractivity contribution in [1.82, 2.24) is 0 Å². The zero-order valence-electron chi connectivity index (χ0n) is 60.2. The van der Waals surface area contributed by atoms with Crippen LogP contribution in [-0.2, 0) is 28.2 Å². The summed E-state index contributed by atoms with van der Waals surface area (Å²) < 4.78 is 132. The Labute approximate surface area is 451 Å². The average molecular weight is 962 g/mol. The Hall–Kier alpha value is -6.52. The first-order valence-electron chi connectivity index (χ1n) is 32.5. The predicted molar refractivity (Wildman–Crippen MR) is 300 cm³/mol. The molecule has 4 heterocycles. The molecule has 4 aromatic carbocycles. The molecule has 1 saturated carbocycles. The molecule has 4 heteroatoms. The topological polar surface area (TPSA) is 15.5 Å². The van der Waals surface area contributed by atoms with Crippen LogP contribution in [0.25, 0.3) is 45.0 Å². The maximum atomic E-state index is 8.76. The second-order valence-corrected chi connectivity index (χ2v) is 19.2. The zero-order valence-corrected chi connectivity index (χ0v) is 44.2. The van der Waals surface area contributed by atoms with Gasteiger partial charge >= 0.3 is 0 Å². The normalized spacial score (nSPS) is 16.7. The standard InChI is InChI=1S/C19H24N.C17H22N.C16H20N.C15H18N/c1-14-8-4-7-11-17(14)19-12-15(2)18(13-20(19)3)16-9-5-6-10-16;1-11-9-7-8-10-16(11)17-14(4)12(2)13(3)15(5)18(17)6;1-11-8-6-7-9-15(11)16-10-12(2)13(3)14(4)17(16)5;1-11-9-13(3)16(4)15(10-11)14-8-6-5-7-12(14)2/h4,7-8,11-13,16H,5-6,9-10H2,1-3H3;7-10H,1-6H3;6-10H,1-5H3;5-10H,1-4H3/q4*+1/i16D;3D3,5D3;3D3,4D3;3D3. The molecule has 4 aromatic heterocycles. The molecule has 1 aliphatic carbocycles. The summed E-state index contributed by atoms with van der Waals surface area (Å²) in [5.41, 5.74) is 17.3. The molecule has 1 aliphatic rings. The molecule has 0 unspecified atom stereocenters. The smallest absolute Gasteiger partial charge is 0.201 e. The van der Waals surface area contributed by atoms with Crippen LogP contribution in [-0.4, -0.2) is 0 Å². The van der Waals surface area contributed by atoms with Gasteiger partial charge in [0.15, 0.2) is 23.3 Å². The molecular formula is C67H84N4+4. The first-order valence-corrected chi connectivity index (χ1v) is 24.5. The summed E-state index contributed by atoms with van der Waals surface area (Å²) in [6, 6.07) is 39.6. The van der Waals surface area contributed by atoms with E-state index in [2.05, 4.69) is 62.0 Å². The third kappa shape index (κ3) is 12.2. The highest BCUT2D eigenvalue weighted by Crippen LogP contribution is 2.36. The van der Waals surface area contributed by atoms with Gasteiger partial charge in [-0.1, -0.05) is 85.6 Å². The van der Waals surface area contributed by atoms with Crippen molar-refractivity contribution in [1.29, 1.82) is 0 Å². The van der Waals surface area contributed by atoms with Crippen molar-refractivity contribution in [3.63, 3.8) is 0 Å². The summed E-state index contributed by atoms with van der Waals surface area (Å²) >= 11 is 0. The zero-order chi connectivity index (χ0) is 65.3. The first kappa shape index (κ1) is 35.6. The van der Waals surface area contributed by atoms with E-state index in [4.69, 9.17) is 21.9 Å². The Morgan fingerprint density at radius 3 is 1.38 bits per heavy atom. The van der Waals surface area contributed by atoms with Crippen molar-refractivity contribution in [3.05, 3.63) is 211 Å². The number of aromatic nitrogens is 4. The molecule has 0 amide bonds. The lowest BCUT2D eigenvalue weighted by Gasteiger charge is -2.13. The highest BCUT2D eigenvalue weighted by molar-refractivity contribution is 5.66. The van der Waals surface area contributed by atoms with Gasteiger partial charge in [-0.2, -0.15) is 13.7 Å². The van der Waals surface area contributed by atoms with Crippen molar-refractivity contribution in [3.8, 4) is 45.0 Å². The molecule has 0 aliphatic heterocycles. The van der Waals surface area contributed by atoms with Crippen molar-refractivity contribution in [2.75, 3.05) is 0 Å². The van der Waals surface area contributed by atoms with Crippen molar-refractivity contribution in [2.24, 2.45) is 28.2 Å². The van der Waals surface area contributed by atoms with E-state index in [1.165, 1.54) is 49.9 Å². The van der Waals surface area contributed by atoms with Crippen LogP contribution >= 0.6 is 0 Å². The number of rotatable bonds is 5. The Bertz CT molecular complexity index is 3800. The summed E-state index contributed by atoms with van der Waals surface area (Å²) in [5, 5.41) is 0. The molecule has 4 nitrogen and oxygen atoms in total. The number of nitrogens with zero attached hydrogens (tertiary/aromatic N) is 4. The molecule has 0 atom stereocenters. The molecular weight excluding hydrogens is 861 g/mol. The minimum Gasteiger partial charge on any atom is -0.201 e. The van der Waals surface area contributed by atoms with Gasteiger partial charge in [0.05, 0.1) is 0 Å². The monoisotopic (exact) mass is 961 g/mol. The highest BCUT2D eigenvalue weighted by Gasteiger charge is 2.25. The van der Waals surface area contributed by atoms with Gasteiger partial charge in [0.2, 0.25) is 22.8 Å². The quantitative estimate of drug-likeness (QED) is 0.153. The van der Waals surface area contributed by atoms with Crippen molar-refractivity contribution < 1.29 is 40.2 Å². The lowest BCUT2D eigenvalue weighted by atomic mass is 9.93. The van der Waals surface area contributed by atoms with E-state index < -0.39 is 34.3 Å². The Kier molecular flexibility index (Phi) is 11.8. The van der Waals surface area contributed by atoms with Crippen LogP contribution < -0.4 is 18.3 Å². The molecule has 0 bridgehead atoms. The van der Waals surface area contributed by atoms with Crippen LogP contribution in [0.2, 0.25) is 0 Å². The third-order valence-electron chi connectivity index (χ3n) is 14.1. The summed E-state index contributed by atoms with van der Waals surface area (Å²) in [4.78, 5) is 0. The van der Waals surface area contributed by atoms with Gasteiger partial charge in [-0.15, -0.1) is 0 Å². The lowest BCUT2D eigenvalue weighted by Crippen LogP contribution is -2.37. The molecule has 368 valence electrons. The van der Waals surface area contributed by atoms with E-state index in [9.17, 15) is 0 Å². The predicted octanol–water partition coefficient (Wildman–Crippen LogP) is 14.7. The fourth-order valence-electron chi connectivity index (χ4n) is 9.50.